The van der Waals surface area contributed by atoms with E-state index in [1.54, 1.807) is 6.20 Å². The molecule has 4 N–H and O–H groups in total. The van der Waals surface area contributed by atoms with Gasteiger partial charge in [0.15, 0.2) is 0 Å². The Labute approximate surface area is 193 Å². The van der Waals surface area contributed by atoms with Crippen LogP contribution in [0.4, 0.5) is 10.7 Å². The second kappa shape index (κ2) is 11.4. The zero-order chi connectivity index (χ0) is 23.1. The summed E-state index contributed by atoms with van der Waals surface area (Å²) >= 11 is 6.37. The summed E-state index contributed by atoms with van der Waals surface area (Å²) in [6.45, 7) is 2.18. The Kier molecular flexibility index (Phi) is 8.66. The highest BCUT2D eigenvalue weighted by molar-refractivity contribution is 6.32. The molecule has 2 unspecified atom stereocenters. The molecule has 0 bridgehead atoms. The zero-order valence-corrected chi connectivity index (χ0v) is 19.3. The van der Waals surface area contributed by atoms with Crippen molar-refractivity contribution in [3.05, 3.63) is 23.6 Å². The number of carbonyl (C=O) groups is 1. The number of rotatable bonds is 4. The first-order chi connectivity index (χ1) is 15.4. The van der Waals surface area contributed by atoms with E-state index in [0.29, 0.717) is 22.7 Å². The van der Waals surface area contributed by atoms with Crippen LogP contribution in [0.25, 0.3) is 11.3 Å². The smallest absolute Gasteiger partial charge is 0.404 e. The SMILES string of the molecule is CN1CCC(n2cc(-c3nc(NC4CCCCC4O)ncc3Cl)cn2)CC1.CNC(=O)O. The Balaban J connectivity index is 0.000000523. The van der Waals surface area contributed by atoms with Crippen LogP contribution in [0, 0.1) is 0 Å². The predicted molar refractivity (Wildman–Crippen MR) is 123 cm³/mol. The summed E-state index contributed by atoms with van der Waals surface area (Å²) < 4.78 is 2.04. The van der Waals surface area contributed by atoms with E-state index in [4.69, 9.17) is 16.7 Å². The van der Waals surface area contributed by atoms with Gasteiger partial charge in [0.25, 0.3) is 0 Å². The summed E-state index contributed by atoms with van der Waals surface area (Å²) in [5, 5.41) is 28.1. The molecule has 2 atom stereocenters. The molecule has 0 radical (unpaired) electrons. The van der Waals surface area contributed by atoms with Gasteiger partial charge >= 0.3 is 6.09 Å². The Bertz CT molecular complexity index is 886. The van der Waals surface area contributed by atoms with Crippen LogP contribution in [0.2, 0.25) is 5.02 Å². The number of nitrogens with one attached hydrogen (secondary N) is 2. The van der Waals surface area contributed by atoms with Crippen LogP contribution in [0.15, 0.2) is 18.6 Å². The molecule has 10 nitrogen and oxygen atoms in total. The Morgan fingerprint density at radius 2 is 1.88 bits per heavy atom. The van der Waals surface area contributed by atoms with Gasteiger partial charge in [-0.15, -0.1) is 0 Å². The number of hydrogen-bond donors (Lipinski definition) is 4. The number of likely N-dealkylation sites (tertiary alicyclic amines) is 1. The van der Waals surface area contributed by atoms with Crippen LogP contribution in [0.5, 0.6) is 0 Å². The number of aliphatic hydroxyl groups is 1. The third-order valence-electron chi connectivity index (χ3n) is 5.94. The highest BCUT2D eigenvalue weighted by Crippen LogP contribution is 2.29. The lowest BCUT2D eigenvalue weighted by Gasteiger charge is -2.29. The number of aliphatic hydroxyl groups excluding tert-OH is 1. The highest BCUT2D eigenvalue weighted by Gasteiger charge is 2.24. The van der Waals surface area contributed by atoms with Crippen LogP contribution in [-0.4, -0.2) is 80.3 Å². The summed E-state index contributed by atoms with van der Waals surface area (Å²) in [5.41, 5.74) is 1.58. The molecule has 2 aromatic heterocycles. The lowest BCUT2D eigenvalue weighted by Crippen LogP contribution is -2.36. The highest BCUT2D eigenvalue weighted by atomic mass is 35.5. The fraction of sp³-hybridized carbons (Fsp3) is 0.619. The van der Waals surface area contributed by atoms with Gasteiger partial charge in [0, 0.05) is 18.8 Å². The minimum Gasteiger partial charge on any atom is -0.465 e. The lowest BCUT2D eigenvalue weighted by atomic mass is 9.93. The van der Waals surface area contributed by atoms with Crippen molar-refractivity contribution in [3.63, 3.8) is 0 Å². The van der Waals surface area contributed by atoms with Crippen molar-refractivity contribution < 1.29 is 15.0 Å². The summed E-state index contributed by atoms with van der Waals surface area (Å²) in [7, 11) is 3.51. The molecule has 1 aliphatic heterocycles. The lowest BCUT2D eigenvalue weighted by molar-refractivity contribution is 0.116. The standard InChI is InChI=1S/C19H27ClN6O.C2H5NO2/c1-25-8-6-14(7-9-25)26-12-13(10-22-26)18-15(20)11-21-19(24-18)23-16-4-2-3-5-17(16)27;1-3-2(4)5/h10-12,14,16-17,27H,2-9H2,1H3,(H,21,23,24);3H,1H3,(H,4,5). The molecule has 4 rings (SSSR count). The Hall–Kier alpha value is -2.43. The van der Waals surface area contributed by atoms with Gasteiger partial charge < -0.3 is 25.7 Å². The third kappa shape index (κ3) is 6.54. The third-order valence-corrected chi connectivity index (χ3v) is 6.22. The average molecular weight is 466 g/mol. The van der Waals surface area contributed by atoms with E-state index in [0.717, 1.165) is 57.2 Å². The van der Waals surface area contributed by atoms with Crippen molar-refractivity contribution in [2.45, 2.75) is 56.7 Å². The van der Waals surface area contributed by atoms with Crippen molar-refractivity contribution in [1.29, 1.82) is 0 Å². The van der Waals surface area contributed by atoms with E-state index in [2.05, 4.69) is 32.3 Å². The fourth-order valence-electron chi connectivity index (χ4n) is 4.00. The number of aromatic nitrogens is 4. The Morgan fingerprint density at radius 1 is 1.19 bits per heavy atom. The number of anilines is 1. The maximum atomic E-state index is 10.2. The first-order valence-electron chi connectivity index (χ1n) is 11.0. The number of piperidine rings is 1. The van der Waals surface area contributed by atoms with Crippen molar-refractivity contribution in [2.75, 3.05) is 32.5 Å². The fourth-order valence-corrected chi connectivity index (χ4v) is 4.20. The maximum absolute atomic E-state index is 10.2. The van der Waals surface area contributed by atoms with E-state index < -0.39 is 6.09 Å². The molecule has 3 heterocycles. The second-order valence-corrected chi connectivity index (χ2v) is 8.70. The summed E-state index contributed by atoms with van der Waals surface area (Å²) in [6, 6.07) is 0.417. The van der Waals surface area contributed by atoms with Gasteiger partial charge in [0.05, 0.1) is 41.3 Å². The van der Waals surface area contributed by atoms with E-state index in [1.165, 1.54) is 7.05 Å². The van der Waals surface area contributed by atoms with Crippen LogP contribution in [-0.2, 0) is 0 Å². The van der Waals surface area contributed by atoms with Gasteiger partial charge in [-0.1, -0.05) is 24.4 Å². The van der Waals surface area contributed by atoms with Crippen molar-refractivity contribution >= 4 is 23.6 Å². The molecular formula is C21H32ClN7O3. The minimum absolute atomic E-state index is 0.00488. The molecule has 2 aromatic rings. The molecule has 1 saturated heterocycles. The van der Waals surface area contributed by atoms with E-state index in [-0.39, 0.29) is 12.1 Å². The molecule has 1 aliphatic carbocycles. The van der Waals surface area contributed by atoms with Gasteiger partial charge in [-0.3, -0.25) is 4.68 Å². The predicted octanol–water partition coefficient (Wildman–Crippen LogP) is 2.86. The zero-order valence-electron chi connectivity index (χ0n) is 18.5. The number of nitrogens with zero attached hydrogens (tertiary/aromatic N) is 5. The van der Waals surface area contributed by atoms with Crippen molar-refractivity contribution in [3.8, 4) is 11.3 Å². The molecule has 0 aromatic carbocycles. The molecule has 176 valence electrons. The van der Waals surface area contributed by atoms with Crippen molar-refractivity contribution in [1.82, 2.24) is 30.0 Å². The summed E-state index contributed by atoms with van der Waals surface area (Å²) in [5.74, 6) is 0.507. The largest absolute Gasteiger partial charge is 0.465 e. The number of carboxylic acid groups (broad SMARTS) is 1. The first-order valence-corrected chi connectivity index (χ1v) is 11.4. The molecule has 0 spiro atoms. The topological polar surface area (TPSA) is 128 Å². The van der Waals surface area contributed by atoms with Crippen LogP contribution >= 0.6 is 11.6 Å². The number of amides is 1. The first kappa shape index (κ1) is 24.2. The monoisotopic (exact) mass is 465 g/mol. The molecule has 32 heavy (non-hydrogen) atoms. The maximum Gasteiger partial charge on any atom is 0.404 e. The van der Waals surface area contributed by atoms with Gasteiger partial charge in [-0.2, -0.15) is 5.10 Å². The molecule has 2 fully saturated rings. The minimum atomic E-state index is -0.995. The van der Waals surface area contributed by atoms with E-state index in [9.17, 15) is 9.90 Å². The van der Waals surface area contributed by atoms with Gasteiger partial charge in [0.1, 0.15) is 0 Å². The van der Waals surface area contributed by atoms with Crippen LogP contribution in [0.3, 0.4) is 0 Å². The van der Waals surface area contributed by atoms with Crippen LogP contribution < -0.4 is 10.6 Å². The van der Waals surface area contributed by atoms with Crippen LogP contribution in [0.1, 0.15) is 44.6 Å². The normalized spacial score (nSPS) is 22.0. The molecular weight excluding hydrogens is 434 g/mol. The van der Waals surface area contributed by atoms with Crippen molar-refractivity contribution in [2.24, 2.45) is 0 Å². The second-order valence-electron chi connectivity index (χ2n) is 8.29. The van der Waals surface area contributed by atoms with E-state index >= 15 is 0 Å². The summed E-state index contributed by atoms with van der Waals surface area (Å²) in [4.78, 5) is 20.5. The average Bonchev–Trinajstić information content (AvgIpc) is 3.27. The molecule has 2 aliphatic rings. The Morgan fingerprint density at radius 3 is 2.53 bits per heavy atom. The number of hydrogen-bond acceptors (Lipinski definition) is 7. The summed E-state index contributed by atoms with van der Waals surface area (Å²) in [6.07, 6.45) is 10.3. The van der Waals surface area contributed by atoms with E-state index in [1.807, 2.05) is 22.4 Å². The van der Waals surface area contributed by atoms with Gasteiger partial charge in [-0.25, -0.2) is 14.8 Å². The quantitative estimate of drug-likeness (QED) is 0.542. The molecule has 1 amide bonds. The molecule has 11 heteroatoms. The van der Waals surface area contributed by atoms with Gasteiger partial charge in [-0.05, 0) is 45.8 Å². The molecule has 1 saturated carbocycles. The number of halogens is 1. The van der Waals surface area contributed by atoms with Gasteiger partial charge in [0.2, 0.25) is 5.95 Å².